The summed E-state index contributed by atoms with van der Waals surface area (Å²) in [6.07, 6.45) is 4.20. The predicted molar refractivity (Wildman–Crippen MR) is 115 cm³/mol. The second-order valence-electron chi connectivity index (χ2n) is 9.00. The van der Waals surface area contributed by atoms with Crippen LogP contribution in [0.4, 0.5) is 0 Å². The van der Waals surface area contributed by atoms with Gasteiger partial charge in [-0.15, -0.1) is 0 Å². The predicted octanol–water partition coefficient (Wildman–Crippen LogP) is 3.54. The van der Waals surface area contributed by atoms with Gasteiger partial charge >= 0.3 is 5.97 Å². The molecule has 6 heteroatoms. The van der Waals surface area contributed by atoms with Crippen molar-refractivity contribution in [2.45, 2.75) is 58.5 Å². The highest BCUT2D eigenvalue weighted by molar-refractivity contribution is 5.69. The molecule has 0 spiro atoms. The molecule has 1 aromatic heterocycles. The van der Waals surface area contributed by atoms with Crippen molar-refractivity contribution in [3.8, 4) is 5.69 Å². The Bertz CT molecular complexity index is 802. The van der Waals surface area contributed by atoms with Crippen molar-refractivity contribution in [1.82, 2.24) is 19.6 Å². The van der Waals surface area contributed by atoms with Crippen LogP contribution >= 0.6 is 0 Å². The summed E-state index contributed by atoms with van der Waals surface area (Å²) in [4.78, 5) is 15.7. The van der Waals surface area contributed by atoms with Crippen LogP contribution in [0.25, 0.3) is 5.69 Å². The number of carbonyl (C=O) groups is 1. The molecule has 0 aliphatic carbocycles. The summed E-state index contributed by atoms with van der Waals surface area (Å²) in [5.41, 5.74) is 3.48. The van der Waals surface area contributed by atoms with Crippen molar-refractivity contribution in [2.75, 3.05) is 26.2 Å². The summed E-state index contributed by atoms with van der Waals surface area (Å²) in [6.45, 7) is 12.5. The Labute approximate surface area is 174 Å². The van der Waals surface area contributed by atoms with Crippen molar-refractivity contribution in [2.24, 2.45) is 0 Å². The highest BCUT2D eigenvalue weighted by Crippen LogP contribution is 2.28. The Morgan fingerprint density at radius 2 is 1.86 bits per heavy atom. The van der Waals surface area contributed by atoms with Crippen LogP contribution in [0.3, 0.4) is 0 Å². The van der Waals surface area contributed by atoms with E-state index in [4.69, 9.17) is 10.2 Å². The maximum absolute atomic E-state index is 11.1. The molecule has 1 N–H and O–H groups in total. The van der Waals surface area contributed by atoms with Crippen LogP contribution in [-0.4, -0.2) is 62.9 Å². The van der Waals surface area contributed by atoms with Crippen LogP contribution in [0.5, 0.6) is 0 Å². The molecule has 3 rings (SSSR count). The first-order valence-corrected chi connectivity index (χ1v) is 10.6. The van der Waals surface area contributed by atoms with Gasteiger partial charge in [0.1, 0.15) is 0 Å². The maximum Gasteiger partial charge on any atom is 0.317 e. The Kier molecular flexibility index (Phi) is 6.75. The lowest BCUT2D eigenvalue weighted by Crippen LogP contribution is -2.46. The van der Waals surface area contributed by atoms with Crippen LogP contribution in [0, 0.1) is 0 Å². The first kappa shape index (κ1) is 21.5. The molecule has 0 saturated carbocycles. The minimum Gasteiger partial charge on any atom is -0.480 e. The number of likely N-dealkylation sites (tertiary alicyclic amines) is 1. The van der Waals surface area contributed by atoms with Gasteiger partial charge < -0.3 is 5.11 Å². The summed E-state index contributed by atoms with van der Waals surface area (Å²) in [5.74, 6) is -0.738. The molecule has 0 bridgehead atoms. The Balaban J connectivity index is 1.70. The molecule has 6 nitrogen and oxygen atoms in total. The van der Waals surface area contributed by atoms with E-state index in [1.165, 1.54) is 5.56 Å². The van der Waals surface area contributed by atoms with Gasteiger partial charge in [0.2, 0.25) is 0 Å². The molecule has 0 radical (unpaired) electrons. The number of aromatic nitrogens is 2. The molecule has 29 heavy (non-hydrogen) atoms. The first-order chi connectivity index (χ1) is 13.8. The molecule has 0 amide bonds. The van der Waals surface area contributed by atoms with Crippen molar-refractivity contribution in [3.05, 3.63) is 47.8 Å². The average Bonchev–Trinajstić information content (AvgIpc) is 3.12. The number of aliphatic carboxylic acids is 1. The largest absolute Gasteiger partial charge is 0.480 e. The standard InChI is InChI=1S/C23H34N4O2/c1-5-26(17-21(28)29)19-11-13-25(14-12-19)15-18-16-27(20-9-7-6-8-10-20)24-22(18)23(2,3)4/h6-10,16,19H,5,11-15,17H2,1-4H3,(H,28,29). The molecular weight excluding hydrogens is 364 g/mol. The third-order valence-electron chi connectivity index (χ3n) is 5.73. The molecule has 1 fully saturated rings. The topological polar surface area (TPSA) is 61.6 Å². The number of piperidine rings is 1. The zero-order valence-electron chi connectivity index (χ0n) is 18.1. The number of rotatable bonds is 7. The van der Waals surface area contributed by atoms with Gasteiger partial charge in [-0.25, -0.2) is 4.68 Å². The monoisotopic (exact) mass is 398 g/mol. The molecule has 1 aromatic carbocycles. The third kappa shape index (κ3) is 5.46. The van der Waals surface area contributed by atoms with Crippen molar-refractivity contribution < 1.29 is 9.90 Å². The number of carboxylic acids is 1. The molecule has 1 aliphatic rings. The number of para-hydroxylation sites is 1. The van der Waals surface area contributed by atoms with E-state index in [0.717, 1.165) is 50.4 Å². The number of likely N-dealkylation sites (N-methyl/N-ethyl adjacent to an activating group) is 1. The third-order valence-corrected chi connectivity index (χ3v) is 5.73. The van der Waals surface area contributed by atoms with Gasteiger partial charge in [0.15, 0.2) is 0 Å². The number of hydrogen-bond acceptors (Lipinski definition) is 4. The van der Waals surface area contributed by atoms with E-state index >= 15 is 0 Å². The molecule has 0 unspecified atom stereocenters. The summed E-state index contributed by atoms with van der Waals surface area (Å²) < 4.78 is 1.99. The molecule has 0 atom stereocenters. The number of carboxylic acid groups (broad SMARTS) is 1. The van der Waals surface area contributed by atoms with Crippen molar-refractivity contribution in [3.63, 3.8) is 0 Å². The maximum atomic E-state index is 11.1. The molecular formula is C23H34N4O2. The fraction of sp³-hybridized carbons (Fsp3) is 0.565. The molecule has 158 valence electrons. The fourth-order valence-corrected chi connectivity index (χ4v) is 4.23. The summed E-state index contributed by atoms with van der Waals surface area (Å²) >= 11 is 0. The normalized spacial score (nSPS) is 16.4. The summed E-state index contributed by atoms with van der Waals surface area (Å²) in [6, 6.07) is 10.6. The fourth-order valence-electron chi connectivity index (χ4n) is 4.23. The lowest BCUT2D eigenvalue weighted by Gasteiger charge is -2.37. The highest BCUT2D eigenvalue weighted by atomic mass is 16.4. The lowest BCUT2D eigenvalue weighted by molar-refractivity contribution is -0.139. The van der Waals surface area contributed by atoms with Crippen LogP contribution < -0.4 is 0 Å². The van der Waals surface area contributed by atoms with E-state index in [-0.39, 0.29) is 12.0 Å². The van der Waals surface area contributed by atoms with Crippen molar-refractivity contribution >= 4 is 5.97 Å². The van der Waals surface area contributed by atoms with Gasteiger partial charge in [0, 0.05) is 29.8 Å². The number of benzene rings is 1. The van der Waals surface area contributed by atoms with Gasteiger partial charge in [0.05, 0.1) is 17.9 Å². The quantitative estimate of drug-likeness (QED) is 0.773. The van der Waals surface area contributed by atoms with Gasteiger partial charge in [-0.3, -0.25) is 14.6 Å². The Morgan fingerprint density at radius 3 is 2.41 bits per heavy atom. The second-order valence-corrected chi connectivity index (χ2v) is 9.00. The smallest absolute Gasteiger partial charge is 0.317 e. The molecule has 2 heterocycles. The number of nitrogens with zero attached hydrogens (tertiary/aromatic N) is 4. The first-order valence-electron chi connectivity index (χ1n) is 10.6. The molecule has 1 saturated heterocycles. The van der Waals surface area contributed by atoms with Crippen LogP contribution in [0.2, 0.25) is 0 Å². The van der Waals surface area contributed by atoms with E-state index in [1.807, 2.05) is 29.8 Å². The summed E-state index contributed by atoms with van der Waals surface area (Å²) in [7, 11) is 0. The van der Waals surface area contributed by atoms with Crippen LogP contribution in [0.15, 0.2) is 36.5 Å². The SMILES string of the molecule is CCN(CC(=O)O)C1CCN(Cc2cn(-c3ccccc3)nc2C(C)(C)C)CC1. The minimum atomic E-state index is -0.738. The molecule has 2 aromatic rings. The highest BCUT2D eigenvalue weighted by Gasteiger charge is 2.28. The van der Waals surface area contributed by atoms with E-state index in [0.29, 0.717) is 6.04 Å². The van der Waals surface area contributed by atoms with E-state index < -0.39 is 5.97 Å². The average molecular weight is 399 g/mol. The summed E-state index contributed by atoms with van der Waals surface area (Å²) in [5, 5.41) is 14.1. The van der Waals surface area contributed by atoms with Crippen LogP contribution in [-0.2, 0) is 16.8 Å². The van der Waals surface area contributed by atoms with Gasteiger partial charge in [0.25, 0.3) is 0 Å². The van der Waals surface area contributed by atoms with Gasteiger partial charge in [-0.2, -0.15) is 5.10 Å². The zero-order chi connectivity index (χ0) is 21.0. The van der Waals surface area contributed by atoms with Crippen molar-refractivity contribution in [1.29, 1.82) is 0 Å². The van der Waals surface area contributed by atoms with E-state index in [1.54, 1.807) is 0 Å². The van der Waals surface area contributed by atoms with E-state index in [9.17, 15) is 4.79 Å². The zero-order valence-corrected chi connectivity index (χ0v) is 18.1. The Morgan fingerprint density at radius 1 is 1.21 bits per heavy atom. The molecule has 1 aliphatic heterocycles. The second kappa shape index (κ2) is 9.09. The van der Waals surface area contributed by atoms with Gasteiger partial charge in [-0.05, 0) is 44.6 Å². The lowest BCUT2D eigenvalue weighted by atomic mass is 9.89. The van der Waals surface area contributed by atoms with E-state index in [2.05, 4.69) is 48.9 Å². The Hall–Kier alpha value is -2.18. The van der Waals surface area contributed by atoms with Crippen LogP contribution in [0.1, 0.15) is 51.8 Å². The van der Waals surface area contributed by atoms with Gasteiger partial charge in [-0.1, -0.05) is 45.9 Å². The minimum absolute atomic E-state index is 0.0197. The number of hydrogen-bond donors (Lipinski definition) is 1.